The van der Waals surface area contributed by atoms with Crippen molar-refractivity contribution in [2.75, 3.05) is 13.1 Å². The van der Waals surface area contributed by atoms with E-state index < -0.39 is 23.7 Å². The molecule has 0 unspecified atom stereocenters. The van der Waals surface area contributed by atoms with Crippen LogP contribution < -0.4 is 16.6 Å². The number of likely N-dealkylation sites (tertiary alicyclic amines) is 1. The zero-order chi connectivity index (χ0) is 24.4. The van der Waals surface area contributed by atoms with E-state index in [4.69, 9.17) is 0 Å². The molecule has 2 aromatic heterocycles. The molecule has 3 aromatic rings. The van der Waals surface area contributed by atoms with Crippen molar-refractivity contribution < 1.29 is 9.59 Å². The Morgan fingerprint density at radius 2 is 1.71 bits per heavy atom. The van der Waals surface area contributed by atoms with Gasteiger partial charge in [0.1, 0.15) is 12.2 Å². The molecule has 9 nitrogen and oxygen atoms in total. The summed E-state index contributed by atoms with van der Waals surface area (Å²) >= 11 is 0. The van der Waals surface area contributed by atoms with Crippen LogP contribution in [-0.4, -0.2) is 43.9 Å². The van der Waals surface area contributed by atoms with Gasteiger partial charge < -0.3 is 10.2 Å². The third-order valence-electron chi connectivity index (χ3n) is 6.21. The number of pyridine rings is 1. The highest BCUT2D eigenvalue weighted by atomic mass is 16.2. The van der Waals surface area contributed by atoms with Crippen LogP contribution in [-0.2, 0) is 24.9 Å². The van der Waals surface area contributed by atoms with Crippen LogP contribution in [0.4, 0.5) is 0 Å². The van der Waals surface area contributed by atoms with Crippen LogP contribution in [0.3, 0.4) is 0 Å². The maximum Gasteiger partial charge on any atom is 0.332 e. The second kappa shape index (κ2) is 9.62. The first-order valence-electron chi connectivity index (χ1n) is 11.5. The van der Waals surface area contributed by atoms with Gasteiger partial charge in [0.2, 0.25) is 5.91 Å². The number of nitrogens with zero attached hydrogens (tertiary/aromatic N) is 4. The van der Waals surface area contributed by atoms with Crippen molar-refractivity contribution >= 4 is 22.8 Å². The van der Waals surface area contributed by atoms with Crippen LogP contribution in [0.2, 0.25) is 0 Å². The minimum Gasteiger partial charge on any atom is -0.350 e. The maximum absolute atomic E-state index is 13.4. The third kappa shape index (κ3) is 4.64. The standard InChI is InChI=1S/C25H29N5O4/c1-16-7-9-18(10-8-16)14-26-20(31)15-30-24(33)21-19(23(32)29-11-5-4-6-12-29)13-17(2)27-22(21)28(3)25(30)34/h7-10,13H,4-6,11-12,14-15H2,1-3H3,(H,26,31). The van der Waals surface area contributed by atoms with E-state index >= 15 is 0 Å². The second-order valence-electron chi connectivity index (χ2n) is 8.86. The monoisotopic (exact) mass is 463 g/mol. The van der Waals surface area contributed by atoms with E-state index in [1.807, 2.05) is 31.2 Å². The van der Waals surface area contributed by atoms with Crippen LogP contribution in [0.1, 0.15) is 46.4 Å². The van der Waals surface area contributed by atoms with Crippen LogP contribution in [0.5, 0.6) is 0 Å². The third-order valence-corrected chi connectivity index (χ3v) is 6.21. The highest BCUT2D eigenvalue weighted by Crippen LogP contribution is 2.19. The van der Waals surface area contributed by atoms with Crippen molar-refractivity contribution in [1.82, 2.24) is 24.3 Å². The van der Waals surface area contributed by atoms with Gasteiger partial charge in [-0.1, -0.05) is 29.8 Å². The molecule has 1 N–H and O–H groups in total. The minimum atomic E-state index is -0.684. The Kier molecular flexibility index (Phi) is 6.63. The number of benzene rings is 1. The van der Waals surface area contributed by atoms with E-state index in [1.165, 1.54) is 11.6 Å². The smallest absolute Gasteiger partial charge is 0.332 e. The van der Waals surface area contributed by atoms with Crippen molar-refractivity contribution in [1.29, 1.82) is 0 Å². The summed E-state index contributed by atoms with van der Waals surface area (Å²) in [5, 5.41) is 2.81. The number of nitrogens with one attached hydrogen (secondary N) is 1. The zero-order valence-electron chi connectivity index (χ0n) is 19.8. The summed E-state index contributed by atoms with van der Waals surface area (Å²) in [7, 11) is 1.49. The molecule has 1 aliphatic rings. The molecule has 4 rings (SSSR count). The molecule has 0 aliphatic carbocycles. The van der Waals surface area contributed by atoms with Gasteiger partial charge in [0.15, 0.2) is 0 Å². The SMILES string of the molecule is Cc1ccc(CNC(=O)Cn2c(=O)c3c(C(=O)N4CCCCC4)cc(C)nc3n(C)c2=O)cc1. The molecule has 0 spiro atoms. The Morgan fingerprint density at radius 3 is 2.38 bits per heavy atom. The molecule has 0 bridgehead atoms. The number of carbonyl (C=O) groups excluding carboxylic acids is 2. The molecule has 0 saturated carbocycles. The van der Waals surface area contributed by atoms with Crippen molar-refractivity contribution in [2.45, 2.75) is 46.2 Å². The number of aromatic nitrogens is 3. The maximum atomic E-state index is 13.4. The molecule has 178 valence electrons. The number of hydrogen-bond acceptors (Lipinski definition) is 5. The first kappa shape index (κ1) is 23.4. The van der Waals surface area contributed by atoms with E-state index in [0.29, 0.717) is 18.8 Å². The summed E-state index contributed by atoms with van der Waals surface area (Å²) in [5.41, 5.74) is 1.59. The van der Waals surface area contributed by atoms with E-state index in [2.05, 4.69) is 10.3 Å². The Labute approximate surface area is 197 Å². The topological polar surface area (TPSA) is 106 Å². The van der Waals surface area contributed by atoms with Crippen molar-refractivity contribution in [3.8, 4) is 0 Å². The zero-order valence-corrected chi connectivity index (χ0v) is 19.8. The summed E-state index contributed by atoms with van der Waals surface area (Å²) in [4.78, 5) is 58.4. The van der Waals surface area contributed by atoms with E-state index in [0.717, 1.165) is 35.0 Å². The normalized spacial score (nSPS) is 13.8. The van der Waals surface area contributed by atoms with Crippen molar-refractivity contribution in [2.24, 2.45) is 7.05 Å². The van der Waals surface area contributed by atoms with E-state index in [9.17, 15) is 19.2 Å². The van der Waals surface area contributed by atoms with Gasteiger partial charge >= 0.3 is 5.69 Å². The lowest BCUT2D eigenvalue weighted by molar-refractivity contribution is -0.121. The Morgan fingerprint density at radius 1 is 1.03 bits per heavy atom. The first-order chi connectivity index (χ1) is 16.3. The fourth-order valence-corrected chi connectivity index (χ4v) is 4.29. The number of hydrogen-bond donors (Lipinski definition) is 1. The van der Waals surface area contributed by atoms with Gasteiger partial charge in [0.05, 0.1) is 10.9 Å². The molecule has 9 heteroatoms. The predicted molar refractivity (Wildman–Crippen MR) is 129 cm³/mol. The number of aryl methyl sites for hydroxylation is 3. The fraction of sp³-hybridized carbons (Fsp3) is 0.400. The van der Waals surface area contributed by atoms with Gasteiger partial charge in [-0.2, -0.15) is 0 Å². The molecule has 1 saturated heterocycles. The summed E-state index contributed by atoms with van der Waals surface area (Å²) < 4.78 is 2.10. The van der Waals surface area contributed by atoms with Gasteiger partial charge in [0, 0.05) is 32.4 Å². The molecular formula is C25H29N5O4. The lowest BCUT2D eigenvalue weighted by Crippen LogP contribution is -2.44. The van der Waals surface area contributed by atoms with Crippen LogP contribution in [0, 0.1) is 13.8 Å². The molecule has 1 fully saturated rings. The Balaban J connectivity index is 1.70. The first-order valence-corrected chi connectivity index (χ1v) is 11.5. The largest absolute Gasteiger partial charge is 0.350 e. The number of amides is 2. The van der Waals surface area contributed by atoms with Crippen molar-refractivity contribution in [3.63, 3.8) is 0 Å². The summed E-state index contributed by atoms with van der Waals surface area (Å²) in [6.45, 7) is 4.79. The average Bonchev–Trinajstić information content (AvgIpc) is 2.84. The lowest BCUT2D eigenvalue weighted by Gasteiger charge is -2.27. The molecule has 2 amide bonds. The van der Waals surface area contributed by atoms with Gasteiger partial charge in [-0.15, -0.1) is 0 Å². The highest BCUT2D eigenvalue weighted by Gasteiger charge is 2.25. The Hall–Kier alpha value is -3.75. The Bertz CT molecular complexity index is 1370. The molecule has 0 radical (unpaired) electrons. The molecule has 1 aliphatic heterocycles. The number of piperidine rings is 1. The van der Waals surface area contributed by atoms with Crippen molar-refractivity contribution in [3.05, 3.63) is 73.6 Å². The van der Waals surface area contributed by atoms with Crippen LogP contribution in [0.25, 0.3) is 11.0 Å². The highest BCUT2D eigenvalue weighted by molar-refractivity contribution is 6.05. The van der Waals surface area contributed by atoms with Crippen LogP contribution in [0.15, 0.2) is 39.9 Å². The fourth-order valence-electron chi connectivity index (χ4n) is 4.29. The van der Waals surface area contributed by atoms with Gasteiger partial charge in [0.25, 0.3) is 11.5 Å². The summed E-state index contributed by atoms with van der Waals surface area (Å²) in [6.07, 6.45) is 2.90. The van der Waals surface area contributed by atoms with Gasteiger partial charge in [-0.25, -0.2) is 9.78 Å². The van der Waals surface area contributed by atoms with Gasteiger partial charge in [-0.3, -0.25) is 23.5 Å². The second-order valence-corrected chi connectivity index (χ2v) is 8.86. The molecule has 34 heavy (non-hydrogen) atoms. The summed E-state index contributed by atoms with van der Waals surface area (Å²) in [5.74, 6) is -0.718. The number of fused-ring (bicyclic) bond motifs is 1. The lowest BCUT2D eigenvalue weighted by atomic mass is 10.1. The van der Waals surface area contributed by atoms with Gasteiger partial charge in [-0.05, 0) is 44.7 Å². The average molecular weight is 464 g/mol. The van der Waals surface area contributed by atoms with E-state index in [-0.39, 0.29) is 29.0 Å². The predicted octanol–water partition coefficient (Wildman–Crippen LogP) is 1.65. The van der Waals surface area contributed by atoms with E-state index in [1.54, 1.807) is 17.9 Å². The number of carbonyl (C=O) groups is 2. The molecule has 1 aromatic carbocycles. The summed E-state index contributed by atoms with van der Waals surface area (Å²) in [6, 6.07) is 9.29. The van der Waals surface area contributed by atoms with Crippen LogP contribution >= 0.6 is 0 Å². The number of rotatable bonds is 5. The quantitative estimate of drug-likeness (QED) is 0.619. The molecule has 0 atom stereocenters. The molecular weight excluding hydrogens is 434 g/mol. The minimum absolute atomic E-state index is 0.0645. The molecule has 3 heterocycles.